The average molecular weight is 539 g/mol. The SMILES string of the molecule is CC(C)(C)C=C(C#N)C(=O)N1CCCC(c2nc(-c3ccc(Oc4ccccc4)cc3F)c3c(N)nccn23)C1. The molecule has 1 atom stereocenters. The third-order valence-corrected chi connectivity index (χ3v) is 6.79. The number of hydrogen-bond acceptors (Lipinski definition) is 6. The number of fused-ring (bicyclic) bond motifs is 1. The number of nitrogen functional groups attached to an aromatic ring is 1. The summed E-state index contributed by atoms with van der Waals surface area (Å²) in [6.07, 6.45) is 6.57. The first-order valence-corrected chi connectivity index (χ1v) is 13.2. The molecule has 5 rings (SSSR count). The van der Waals surface area contributed by atoms with Crippen LogP contribution < -0.4 is 10.5 Å². The van der Waals surface area contributed by atoms with Gasteiger partial charge in [-0.1, -0.05) is 45.0 Å². The molecule has 2 N–H and O–H groups in total. The van der Waals surface area contributed by atoms with Crippen molar-refractivity contribution in [2.45, 2.75) is 39.5 Å². The third-order valence-electron chi connectivity index (χ3n) is 6.79. The smallest absolute Gasteiger partial charge is 0.264 e. The Kier molecular flexibility index (Phi) is 7.26. The van der Waals surface area contributed by atoms with E-state index in [1.165, 1.54) is 6.07 Å². The molecule has 1 saturated heterocycles. The lowest BCUT2D eigenvalue weighted by atomic mass is 9.92. The Hall–Kier alpha value is -4.71. The maximum atomic E-state index is 15.5. The van der Waals surface area contributed by atoms with Gasteiger partial charge >= 0.3 is 0 Å². The van der Waals surface area contributed by atoms with Crippen LogP contribution in [0.3, 0.4) is 0 Å². The molecule has 204 valence electrons. The monoisotopic (exact) mass is 538 g/mol. The molecule has 40 heavy (non-hydrogen) atoms. The van der Waals surface area contributed by atoms with Crippen molar-refractivity contribution in [2.75, 3.05) is 18.8 Å². The molecule has 1 aliphatic heterocycles. The number of carbonyl (C=O) groups is 1. The molecular weight excluding hydrogens is 507 g/mol. The van der Waals surface area contributed by atoms with E-state index in [1.807, 2.05) is 43.4 Å². The number of amides is 1. The second kappa shape index (κ2) is 10.8. The third kappa shape index (κ3) is 5.52. The molecule has 1 unspecified atom stereocenters. The van der Waals surface area contributed by atoms with Gasteiger partial charge in [0.2, 0.25) is 0 Å². The largest absolute Gasteiger partial charge is 0.457 e. The minimum absolute atomic E-state index is 0.134. The van der Waals surface area contributed by atoms with E-state index < -0.39 is 5.82 Å². The quantitative estimate of drug-likeness (QED) is 0.242. The van der Waals surface area contributed by atoms with E-state index in [-0.39, 0.29) is 34.2 Å². The Morgan fingerprint density at radius 3 is 2.67 bits per heavy atom. The van der Waals surface area contributed by atoms with E-state index in [0.717, 1.165) is 12.8 Å². The first-order valence-electron chi connectivity index (χ1n) is 13.2. The Morgan fingerprint density at radius 2 is 1.98 bits per heavy atom. The number of anilines is 1. The number of allylic oxidation sites excluding steroid dienone is 1. The number of hydrogen-bond donors (Lipinski definition) is 1. The van der Waals surface area contributed by atoms with Crippen LogP contribution in [0.5, 0.6) is 11.5 Å². The normalized spacial score (nSPS) is 16.1. The van der Waals surface area contributed by atoms with E-state index in [0.29, 0.717) is 41.6 Å². The molecule has 1 aliphatic rings. The summed E-state index contributed by atoms with van der Waals surface area (Å²) in [7, 11) is 0. The Morgan fingerprint density at radius 1 is 1.20 bits per heavy atom. The van der Waals surface area contributed by atoms with E-state index in [4.69, 9.17) is 15.5 Å². The standard InChI is InChI=1S/C31H31FN6O2/c1-31(2,3)17-21(18-33)30(39)37-14-7-8-20(19-37)29-36-26(27-28(34)35-13-15-38(27)29)24-12-11-23(16-25(24)32)40-22-9-5-4-6-10-22/h4-6,9-13,15-17,20H,7-8,14,19H2,1-3H3,(H2,34,35). The van der Waals surface area contributed by atoms with E-state index >= 15 is 4.39 Å². The summed E-state index contributed by atoms with van der Waals surface area (Å²) < 4.78 is 23.1. The maximum absolute atomic E-state index is 15.5. The van der Waals surface area contributed by atoms with Crippen molar-refractivity contribution in [3.8, 4) is 28.8 Å². The predicted molar refractivity (Wildman–Crippen MR) is 151 cm³/mol. The molecule has 3 heterocycles. The van der Waals surface area contributed by atoms with Crippen molar-refractivity contribution in [3.05, 3.63) is 84.2 Å². The molecule has 8 nitrogen and oxygen atoms in total. The topological polar surface area (TPSA) is 110 Å². The molecule has 2 aromatic carbocycles. The van der Waals surface area contributed by atoms with Gasteiger partial charge in [-0.2, -0.15) is 5.26 Å². The zero-order valence-electron chi connectivity index (χ0n) is 22.8. The summed E-state index contributed by atoms with van der Waals surface area (Å²) >= 11 is 0. The predicted octanol–water partition coefficient (Wildman–Crippen LogP) is 6.11. The highest BCUT2D eigenvalue weighted by Crippen LogP contribution is 2.36. The van der Waals surface area contributed by atoms with Gasteiger partial charge in [0.05, 0.1) is 0 Å². The molecule has 0 aliphatic carbocycles. The van der Waals surface area contributed by atoms with Crippen LogP contribution in [0.2, 0.25) is 0 Å². The number of nitrogens with zero attached hydrogens (tertiary/aromatic N) is 5. The Bertz CT molecular complexity index is 1630. The second-order valence-electron chi connectivity index (χ2n) is 11.0. The van der Waals surface area contributed by atoms with Gasteiger partial charge in [-0.3, -0.25) is 9.20 Å². The first kappa shape index (κ1) is 26.9. The fraction of sp³-hybridized carbons (Fsp3) is 0.290. The first-order chi connectivity index (χ1) is 19.1. The number of nitrogens with two attached hydrogens (primary N) is 1. The lowest BCUT2D eigenvalue weighted by Gasteiger charge is -2.32. The van der Waals surface area contributed by atoms with Crippen LogP contribution in [0.4, 0.5) is 10.2 Å². The van der Waals surface area contributed by atoms with Crippen LogP contribution >= 0.6 is 0 Å². The molecule has 0 radical (unpaired) electrons. The summed E-state index contributed by atoms with van der Waals surface area (Å²) in [5.74, 6) is 0.924. The van der Waals surface area contributed by atoms with Gasteiger partial charge in [-0.15, -0.1) is 0 Å². The summed E-state index contributed by atoms with van der Waals surface area (Å²) in [6.45, 7) is 6.79. The van der Waals surface area contributed by atoms with Gasteiger partial charge in [-0.05, 0) is 42.5 Å². The highest BCUT2D eigenvalue weighted by atomic mass is 19.1. The Balaban J connectivity index is 1.49. The molecule has 1 amide bonds. The number of rotatable bonds is 5. The molecule has 2 aromatic heterocycles. The molecular formula is C31H31FN6O2. The zero-order chi connectivity index (χ0) is 28.4. The second-order valence-corrected chi connectivity index (χ2v) is 11.0. The number of benzene rings is 2. The van der Waals surface area contributed by atoms with Gasteiger partial charge in [0.1, 0.15) is 51.8 Å². The summed E-state index contributed by atoms with van der Waals surface area (Å²) in [4.78, 5) is 24.1. The number of para-hydroxylation sites is 1. The van der Waals surface area contributed by atoms with Crippen molar-refractivity contribution in [1.82, 2.24) is 19.3 Å². The number of halogens is 1. The number of imidazole rings is 1. The average Bonchev–Trinajstić information content (AvgIpc) is 3.32. The van der Waals surface area contributed by atoms with Crippen molar-refractivity contribution < 1.29 is 13.9 Å². The zero-order valence-corrected chi connectivity index (χ0v) is 22.8. The molecule has 9 heteroatoms. The van der Waals surface area contributed by atoms with Crippen molar-refractivity contribution in [3.63, 3.8) is 0 Å². The van der Waals surface area contributed by atoms with Gasteiger partial charge in [0.25, 0.3) is 5.91 Å². The number of aromatic nitrogens is 3. The fourth-order valence-electron chi connectivity index (χ4n) is 5.06. The number of ether oxygens (including phenoxy) is 1. The van der Waals surface area contributed by atoms with Gasteiger partial charge in [0, 0.05) is 43.0 Å². The summed E-state index contributed by atoms with van der Waals surface area (Å²) in [5, 5.41) is 9.66. The molecule has 0 saturated carbocycles. The minimum Gasteiger partial charge on any atom is -0.457 e. The molecule has 0 bridgehead atoms. The Labute approximate surface area is 232 Å². The van der Waals surface area contributed by atoms with Crippen LogP contribution in [0, 0.1) is 22.6 Å². The van der Waals surface area contributed by atoms with Gasteiger partial charge in [-0.25, -0.2) is 14.4 Å². The summed E-state index contributed by atoms with van der Waals surface area (Å²) in [5.41, 5.74) is 7.26. The van der Waals surface area contributed by atoms with E-state index in [9.17, 15) is 10.1 Å². The molecule has 0 spiro atoms. The van der Waals surface area contributed by atoms with Crippen molar-refractivity contribution in [2.24, 2.45) is 5.41 Å². The minimum atomic E-state index is -0.505. The number of nitriles is 1. The highest BCUT2D eigenvalue weighted by Gasteiger charge is 2.31. The van der Waals surface area contributed by atoms with Crippen LogP contribution in [0.15, 0.2) is 72.6 Å². The lowest BCUT2D eigenvalue weighted by molar-refractivity contribution is -0.128. The van der Waals surface area contributed by atoms with E-state index in [2.05, 4.69) is 11.1 Å². The molecule has 4 aromatic rings. The number of carbonyl (C=O) groups excluding carboxylic acids is 1. The van der Waals surface area contributed by atoms with Crippen LogP contribution in [-0.2, 0) is 4.79 Å². The number of piperidine rings is 1. The van der Waals surface area contributed by atoms with Gasteiger partial charge in [0.15, 0.2) is 0 Å². The van der Waals surface area contributed by atoms with E-state index in [1.54, 1.807) is 47.6 Å². The highest BCUT2D eigenvalue weighted by molar-refractivity contribution is 5.97. The number of likely N-dealkylation sites (tertiary alicyclic amines) is 1. The lowest BCUT2D eigenvalue weighted by Crippen LogP contribution is -2.40. The van der Waals surface area contributed by atoms with Gasteiger partial charge < -0.3 is 15.4 Å². The van der Waals surface area contributed by atoms with Crippen LogP contribution in [-0.4, -0.2) is 38.3 Å². The molecule has 1 fully saturated rings. The summed E-state index contributed by atoms with van der Waals surface area (Å²) in [6, 6.07) is 15.9. The van der Waals surface area contributed by atoms with Crippen molar-refractivity contribution >= 4 is 17.2 Å². The fourth-order valence-corrected chi connectivity index (χ4v) is 5.06. The van der Waals surface area contributed by atoms with Crippen LogP contribution in [0.25, 0.3) is 16.8 Å². The van der Waals surface area contributed by atoms with Crippen LogP contribution in [0.1, 0.15) is 45.4 Å². The van der Waals surface area contributed by atoms with Crippen molar-refractivity contribution in [1.29, 1.82) is 5.26 Å². The maximum Gasteiger partial charge on any atom is 0.264 e.